The Hall–Kier alpha value is -2.70. The minimum absolute atomic E-state index is 0.0379. The fourth-order valence-electron chi connectivity index (χ4n) is 3.53. The number of nitrogens with zero attached hydrogens (tertiary/aromatic N) is 5. The molecule has 0 saturated carbocycles. The first kappa shape index (κ1) is 15.8. The van der Waals surface area contributed by atoms with Crippen LogP contribution in [0.1, 0.15) is 54.7 Å². The minimum atomic E-state index is 0.0379. The second-order valence-corrected chi connectivity index (χ2v) is 6.92. The molecule has 1 amide bonds. The molecule has 0 unspecified atom stereocenters. The Morgan fingerprint density at radius 2 is 2.24 bits per heavy atom. The van der Waals surface area contributed by atoms with Crippen molar-refractivity contribution in [1.82, 2.24) is 29.9 Å². The second kappa shape index (κ2) is 6.31. The molecule has 1 N–H and O–H groups in total. The summed E-state index contributed by atoms with van der Waals surface area (Å²) in [5.41, 5.74) is 2.55. The molecule has 0 spiro atoms. The van der Waals surface area contributed by atoms with Crippen molar-refractivity contribution < 1.29 is 4.79 Å². The molecule has 0 radical (unpaired) electrons. The Balaban J connectivity index is 1.57. The molecule has 0 aliphatic carbocycles. The number of amides is 1. The molecule has 25 heavy (non-hydrogen) atoms. The third-order valence-electron chi connectivity index (χ3n) is 4.84. The fraction of sp³-hybridized carbons (Fsp3) is 0.444. The first-order chi connectivity index (χ1) is 12.1. The quantitative estimate of drug-likeness (QED) is 0.796. The molecule has 0 bridgehead atoms. The summed E-state index contributed by atoms with van der Waals surface area (Å²) in [7, 11) is 0. The van der Waals surface area contributed by atoms with E-state index in [-0.39, 0.29) is 11.9 Å². The predicted octanol–water partition coefficient (Wildman–Crippen LogP) is 2.76. The number of likely N-dealkylation sites (tertiary alicyclic amines) is 1. The number of hydrogen-bond acceptors (Lipinski definition) is 4. The third-order valence-corrected chi connectivity index (χ3v) is 4.84. The van der Waals surface area contributed by atoms with E-state index in [1.807, 2.05) is 21.7 Å². The highest BCUT2D eigenvalue weighted by atomic mass is 16.2. The number of hydrogen-bond donors (Lipinski definition) is 1. The summed E-state index contributed by atoms with van der Waals surface area (Å²) in [5, 5.41) is 12.3. The van der Waals surface area contributed by atoms with Crippen LogP contribution in [-0.2, 0) is 0 Å². The lowest BCUT2D eigenvalue weighted by Gasteiger charge is -2.32. The normalized spacial score (nSPS) is 18.2. The van der Waals surface area contributed by atoms with E-state index in [0.29, 0.717) is 18.0 Å². The van der Waals surface area contributed by atoms with E-state index < -0.39 is 0 Å². The van der Waals surface area contributed by atoms with E-state index >= 15 is 0 Å². The molecule has 0 aromatic carbocycles. The van der Waals surface area contributed by atoms with Gasteiger partial charge in [-0.25, -0.2) is 9.67 Å². The summed E-state index contributed by atoms with van der Waals surface area (Å²) in [6, 6.07) is 4.13. The summed E-state index contributed by atoms with van der Waals surface area (Å²) >= 11 is 0. The Bertz CT molecular complexity index is 882. The summed E-state index contributed by atoms with van der Waals surface area (Å²) in [5.74, 6) is 0.358. The van der Waals surface area contributed by atoms with Crippen LogP contribution in [0.5, 0.6) is 0 Å². The lowest BCUT2D eigenvalue weighted by molar-refractivity contribution is 0.0705. The maximum Gasteiger partial charge on any atom is 0.255 e. The van der Waals surface area contributed by atoms with Crippen molar-refractivity contribution in [1.29, 1.82) is 0 Å². The second-order valence-electron chi connectivity index (χ2n) is 6.92. The lowest BCUT2D eigenvalue weighted by atomic mass is 9.94. The number of nitrogens with one attached hydrogen (secondary N) is 1. The summed E-state index contributed by atoms with van der Waals surface area (Å²) in [6.07, 6.45) is 7.29. The van der Waals surface area contributed by atoms with Gasteiger partial charge >= 0.3 is 0 Å². The van der Waals surface area contributed by atoms with E-state index in [9.17, 15) is 4.79 Å². The van der Waals surface area contributed by atoms with Gasteiger partial charge in [0.1, 0.15) is 0 Å². The Kier molecular flexibility index (Phi) is 3.99. The Morgan fingerprint density at radius 1 is 1.36 bits per heavy atom. The molecular weight excluding hydrogens is 316 g/mol. The first-order valence-corrected chi connectivity index (χ1v) is 8.75. The van der Waals surface area contributed by atoms with Gasteiger partial charge in [-0.15, -0.1) is 0 Å². The van der Waals surface area contributed by atoms with E-state index in [4.69, 9.17) is 0 Å². The van der Waals surface area contributed by atoms with E-state index in [1.165, 1.54) is 0 Å². The predicted molar refractivity (Wildman–Crippen MR) is 94.4 cm³/mol. The molecule has 3 aromatic heterocycles. The van der Waals surface area contributed by atoms with Crippen molar-refractivity contribution >= 4 is 16.9 Å². The zero-order valence-electron chi connectivity index (χ0n) is 14.5. The van der Waals surface area contributed by atoms with Crippen LogP contribution in [0.2, 0.25) is 0 Å². The number of piperidine rings is 1. The number of aromatic amines is 1. The monoisotopic (exact) mass is 338 g/mol. The smallest absolute Gasteiger partial charge is 0.255 e. The van der Waals surface area contributed by atoms with Crippen LogP contribution < -0.4 is 0 Å². The summed E-state index contributed by atoms with van der Waals surface area (Å²) in [6.45, 7) is 5.63. The van der Waals surface area contributed by atoms with Crippen molar-refractivity contribution in [2.24, 2.45) is 0 Å². The van der Waals surface area contributed by atoms with E-state index in [0.717, 1.165) is 36.1 Å². The van der Waals surface area contributed by atoms with Gasteiger partial charge in [-0.1, -0.05) is 0 Å². The van der Waals surface area contributed by atoms with E-state index in [2.05, 4.69) is 34.1 Å². The average molecular weight is 338 g/mol. The SMILES string of the molecule is CC(C)n1ncc2cc(C(=O)N3CCC[C@@H](c4ccn[nH]4)C3)cnc21. The van der Waals surface area contributed by atoms with Crippen LogP contribution in [-0.4, -0.2) is 48.9 Å². The molecule has 1 aliphatic heterocycles. The molecule has 7 nitrogen and oxygen atoms in total. The number of pyridine rings is 1. The maximum absolute atomic E-state index is 12.9. The summed E-state index contributed by atoms with van der Waals surface area (Å²) < 4.78 is 1.87. The minimum Gasteiger partial charge on any atom is -0.338 e. The van der Waals surface area contributed by atoms with Gasteiger partial charge in [0.2, 0.25) is 0 Å². The van der Waals surface area contributed by atoms with Gasteiger partial charge in [0.05, 0.1) is 11.8 Å². The van der Waals surface area contributed by atoms with Crippen LogP contribution in [0.25, 0.3) is 11.0 Å². The van der Waals surface area contributed by atoms with Crippen molar-refractivity contribution in [3.8, 4) is 0 Å². The molecular formula is C18H22N6O. The van der Waals surface area contributed by atoms with Crippen molar-refractivity contribution in [2.45, 2.75) is 38.6 Å². The maximum atomic E-state index is 12.9. The van der Waals surface area contributed by atoms with Gasteiger partial charge in [-0.05, 0) is 38.8 Å². The van der Waals surface area contributed by atoms with Crippen molar-refractivity contribution in [3.05, 3.63) is 42.0 Å². The third kappa shape index (κ3) is 2.90. The van der Waals surface area contributed by atoms with Gasteiger partial charge in [0.15, 0.2) is 5.65 Å². The van der Waals surface area contributed by atoms with Crippen LogP contribution >= 0.6 is 0 Å². The molecule has 1 saturated heterocycles. The number of fused-ring (bicyclic) bond motifs is 1. The molecule has 3 aromatic rings. The fourth-order valence-corrected chi connectivity index (χ4v) is 3.53. The zero-order chi connectivity index (χ0) is 17.4. The average Bonchev–Trinajstić information content (AvgIpc) is 3.30. The number of carbonyl (C=O) groups is 1. The first-order valence-electron chi connectivity index (χ1n) is 8.75. The van der Waals surface area contributed by atoms with Gasteiger partial charge in [-0.3, -0.25) is 9.89 Å². The van der Waals surface area contributed by atoms with Crippen LogP contribution in [0.3, 0.4) is 0 Å². The van der Waals surface area contributed by atoms with Crippen LogP contribution in [0, 0.1) is 0 Å². The molecule has 7 heteroatoms. The van der Waals surface area contributed by atoms with Crippen molar-refractivity contribution in [2.75, 3.05) is 13.1 Å². The molecule has 1 atom stereocenters. The summed E-state index contributed by atoms with van der Waals surface area (Å²) in [4.78, 5) is 19.3. The number of rotatable bonds is 3. The highest BCUT2D eigenvalue weighted by molar-refractivity contribution is 5.96. The highest BCUT2D eigenvalue weighted by Crippen LogP contribution is 2.26. The van der Waals surface area contributed by atoms with Crippen LogP contribution in [0.15, 0.2) is 30.7 Å². The topological polar surface area (TPSA) is 79.7 Å². The molecule has 4 rings (SSSR count). The van der Waals surface area contributed by atoms with Gasteiger partial charge in [0, 0.05) is 48.5 Å². The van der Waals surface area contributed by atoms with Gasteiger partial charge < -0.3 is 4.90 Å². The molecule has 1 fully saturated rings. The van der Waals surface area contributed by atoms with Gasteiger partial charge in [0.25, 0.3) is 5.91 Å². The highest BCUT2D eigenvalue weighted by Gasteiger charge is 2.26. The molecule has 4 heterocycles. The molecule has 130 valence electrons. The number of carbonyl (C=O) groups excluding carboxylic acids is 1. The number of H-pyrrole nitrogens is 1. The van der Waals surface area contributed by atoms with Crippen LogP contribution in [0.4, 0.5) is 0 Å². The Labute approximate surface area is 146 Å². The lowest BCUT2D eigenvalue weighted by Crippen LogP contribution is -2.39. The van der Waals surface area contributed by atoms with Crippen molar-refractivity contribution in [3.63, 3.8) is 0 Å². The number of aromatic nitrogens is 5. The van der Waals surface area contributed by atoms with E-state index in [1.54, 1.807) is 18.6 Å². The van der Waals surface area contributed by atoms with Gasteiger partial charge in [-0.2, -0.15) is 10.2 Å². The standard InChI is InChI=1S/C18H22N6O/c1-12(2)24-17-14(10-21-24)8-15(9-19-17)18(25)23-7-3-4-13(11-23)16-5-6-20-22-16/h5-6,8-10,12-13H,3-4,7,11H2,1-2H3,(H,20,22)/t13-/m1/s1. The Morgan fingerprint density at radius 3 is 3.00 bits per heavy atom. The largest absolute Gasteiger partial charge is 0.338 e. The zero-order valence-corrected chi connectivity index (χ0v) is 14.5. The molecule has 1 aliphatic rings.